The summed E-state index contributed by atoms with van der Waals surface area (Å²) in [4.78, 5) is 28.8. The van der Waals surface area contributed by atoms with Crippen molar-refractivity contribution in [3.63, 3.8) is 0 Å². The molecule has 0 spiro atoms. The molecule has 0 bridgehead atoms. The van der Waals surface area contributed by atoms with E-state index in [9.17, 15) is 9.59 Å². The summed E-state index contributed by atoms with van der Waals surface area (Å²) in [6.07, 6.45) is 1.38. The molecule has 3 aromatic rings. The summed E-state index contributed by atoms with van der Waals surface area (Å²) >= 11 is 6.24. The lowest BCUT2D eigenvalue weighted by Crippen LogP contribution is -2.51. The lowest BCUT2D eigenvalue weighted by molar-refractivity contribution is -0.141. The number of hydrogen-bond donors (Lipinski definition) is 1. The molecule has 1 atom stereocenters. The number of hydrogen-bond acceptors (Lipinski definition) is 2. The topological polar surface area (TPSA) is 49.4 Å². The van der Waals surface area contributed by atoms with Crippen LogP contribution in [0, 0.1) is 0 Å². The number of benzene rings is 3. The first-order valence-electron chi connectivity index (χ1n) is 12.7. The maximum absolute atomic E-state index is 13.7. The van der Waals surface area contributed by atoms with Crippen LogP contribution in [0.5, 0.6) is 0 Å². The molecule has 0 aliphatic carbocycles. The van der Waals surface area contributed by atoms with E-state index in [0.29, 0.717) is 36.7 Å². The molecule has 36 heavy (non-hydrogen) atoms. The Bertz CT molecular complexity index is 1130. The van der Waals surface area contributed by atoms with Crippen LogP contribution < -0.4 is 5.32 Å². The molecule has 3 aromatic carbocycles. The standard InChI is InChI=1S/C31H37ClN2O2/c1-22(2)27-16-13-24(14-17-27)15-18-30(35)34(21-26-11-8-12-28(32)19-26)29(31(36)33-23(3)4)20-25-9-6-5-7-10-25/h5-14,16-17,19,22-23,29H,15,18,20-21H2,1-4H3,(H,33,36). The number of rotatable bonds is 11. The number of amides is 2. The van der Waals surface area contributed by atoms with Gasteiger partial charge >= 0.3 is 0 Å². The first-order valence-corrected chi connectivity index (χ1v) is 13.1. The maximum Gasteiger partial charge on any atom is 0.243 e. The van der Waals surface area contributed by atoms with Crippen LogP contribution in [0.15, 0.2) is 78.9 Å². The molecule has 0 aliphatic rings. The van der Waals surface area contributed by atoms with Crippen LogP contribution in [0.25, 0.3) is 0 Å². The fourth-order valence-corrected chi connectivity index (χ4v) is 4.44. The molecule has 5 heteroatoms. The molecule has 0 radical (unpaired) electrons. The Hall–Kier alpha value is -3.11. The maximum atomic E-state index is 13.7. The van der Waals surface area contributed by atoms with Gasteiger partial charge in [0, 0.05) is 30.5 Å². The Morgan fingerprint density at radius 3 is 2.11 bits per heavy atom. The van der Waals surface area contributed by atoms with Crippen molar-refractivity contribution in [3.8, 4) is 0 Å². The summed E-state index contributed by atoms with van der Waals surface area (Å²) in [5, 5.41) is 3.64. The SMILES string of the molecule is CC(C)NC(=O)C(Cc1ccccc1)N(Cc1cccc(Cl)c1)C(=O)CCc1ccc(C(C)C)cc1. The molecule has 0 fully saturated rings. The van der Waals surface area contributed by atoms with Gasteiger partial charge < -0.3 is 10.2 Å². The van der Waals surface area contributed by atoms with Crippen LogP contribution in [-0.4, -0.2) is 28.8 Å². The second-order valence-corrected chi connectivity index (χ2v) is 10.4. The molecule has 0 saturated heterocycles. The molecule has 0 saturated carbocycles. The highest BCUT2D eigenvalue weighted by Crippen LogP contribution is 2.20. The third-order valence-corrected chi connectivity index (χ3v) is 6.45. The van der Waals surface area contributed by atoms with Gasteiger partial charge in [-0.15, -0.1) is 0 Å². The zero-order chi connectivity index (χ0) is 26.1. The third-order valence-electron chi connectivity index (χ3n) is 6.22. The van der Waals surface area contributed by atoms with Gasteiger partial charge in [-0.05, 0) is 60.6 Å². The van der Waals surface area contributed by atoms with E-state index in [-0.39, 0.29) is 17.9 Å². The predicted molar refractivity (Wildman–Crippen MR) is 148 cm³/mol. The molecule has 0 aromatic heterocycles. The van der Waals surface area contributed by atoms with E-state index in [4.69, 9.17) is 11.6 Å². The van der Waals surface area contributed by atoms with Crippen molar-refractivity contribution in [2.24, 2.45) is 0 Å². The molecule has 1 unspecified atom stereocenters. The molecular weight excluding hydrogens is 468 g/mol. The predicted octanol–water partition coefficient (Wildman–Crippen LogP) is 6.56. The first kappa shape index (κ1) is 27.5. The average Bonchev–Trinajstić information content (AvgIpc) is 2.85. The van der Waals surface area contributed by atoms with Gasteiger partial charge in [0.25, 0.3) is 0 Å². The van der Waals surface area contributed by atoms with Crippen molar-refractivity contribution in [2.45, 2.75) is 71.5 Å². The molecule has 4 nitrogen and oxygen atoms in total. The second kappa shape index (κ2) is 13.3. The summed E-state index contributed by atoms with van der Waals surface area (Å²) in [5.41, 5.74) is 4.30. The van der Waals surface area contributed by atoms with Crippen molar-refractivity contribution in [1.82, 2.24) is 10.2 Å². The van der Waals surface area contributed by atoms with Gasteiger partial charge in [-0.25, -0.2) is 0 Å². The van der Waals surface area contributed by atoms with Gasteiger partial charge in [0.1, 0.15) is 6.04 Å². The minimum absolute atomic E-state index is 0.0293. The Morgan fingerprint density at radius 1 is 0.833 bits per heavy atom. The lowest BCUT2D eigenvalue weighted by atomic mass is 9.99. The second-order valence-electron chi connectivity index (χ2n) is 9.92. The molecule has 0 aliphatic heterocycles. The fraction of sp³-hybridized carbons (Fsp3) is 0.355. The van der Waals surface area contributed by atoms with Crippen molar-refractivity contribution in [3.05, 3.63) is 106 Å². The van der Waals surface area contributed by atoms with Crippen LogP contribution in [0.3, 0.4) is 0 Å². The normalized spacial score (nSPS) is 12.0. The van der Waals surface area contributed by atoms with Crippen molar-refractivity contribution in [2.75, 3.05) is 0 Å². The highest BCUT2D eigenvalue weighted by Gasteiger charge is 2.30. The van der Waals surface area contributed by atoms with Crippen LogP contribution in [0.1, 0.15) is 62.3 Å². The first-order chi connectivity index (χ1) is 17.2. The Labute approximate surface area is 220 Å². The minimum Gasteiger partial charge on any atom is -0.352 e. The molecule has 0 heterocycles. The smallest absolute Gasteiger partial charge is 0.243 e. The molecular formula is C31H37ClN2O2. The summed E-state index contributed by atoms with van der Waals surface area (Å²) in [6.45, 7) is 8.51. The largest absolute Gasteiger partial charge is 0.352 e. The van der Waals surface area contributed by atoms with Gasteiger partial charge in [-0.3, -0.25) is 9.59 Å². The highest BCUT2D eigenvalue weighted by atomic mass is 35.5. The van der Waals surface area contributed by atoms with Gasteiger partial charge in [0.05, 0.1) is 0 Å². The van der Waals surface area contributed by atoms with Crippen molar-refractivity contribution in [1.29, 1.82) is 0 Å². The monoisotopic (exact) mass is 504 g/mol. The zero-order valence-electron chi connectivity index (χ0n) is 21.7. The van der Waals surface area contributed by atoms with Crippen molar-refractivity contribution < 1.29 is 9.59 Å². The fourth-order valence-electron chi connectivity index (χ4n) is 4.23. The average molecular weight is 505 g/mol. The van der Waals surface area contributed by atoms with E-state index in [1.807, 2.05) is 68.4 Å². The van der Waals surface area contributed by atoms with E-state index in [1.165, 1.54) is 5.56 Å². The van der Waals surface area contributed by atoms with E-state index in [2.05, 4.69) is 43.4 Å². The summed E-state index contributed by atoms with van der Waals surface area (Å²) in [5.74, 6) is 0.264. The number of halogens is 1. The van der Waals surface area contributed by atoms with E-state index < -0.39 is 6.04 Å². The number of carbonyl (C=O) groups excluding carboxylic acids is 2. The Balaban J connectivity index is 1.88. The molecule has 2 amide bonds. The van der Waals surface area contributed by atoms with Gasteiger partial charge in [-0.1, -0.05) is 92.2 Å². The Morgan fingerprint density at radius 2 is 1.50 bits per heavy atom. The summed E-state index contributed by atoms with van der Waals surface area (Å²) in [6, 6.07) is 25.1. The van der Waals surface area contributed by atoms with E-state index >= 15 is 0 Å². The summed E-state index contributed by atoms with van der Waals surface area (Å²) < 4.78 is 0. The van der Waals surface area contributed by atoms with E-state index in [1.54, 1.807) is 4.90 Å². The molecule has 3 rings (SSSR count). The molecule has 1 N–H and O–H groups in total. The van der Waals surface area contributed by atoms with Crippen molar-refractivity contribution >= 4 is 23.4 Å². The zero-order valence-corrected chi connectivity index (χ0v) is 22.5. The van der Waals surface area contributed by atoms with Crippen LogP contribution in [0.2, 0.25) is 5.02 Å². The van der Waals surface area contributed by atoms with Gasteiger partial charge in [0.15, 0.2) is 0 Å². The van der Waals surface area contributed by atoms with Crippen LogP contribution in [0.4, 0.5) is 0 Å². The van der Waals surface area contributed by atoms with Crippen LogP contribution >= 0.6 is 11.6 Å². The number of nitrogens with one attached hydrogen (secondary N) is 1. The van der Waals surface area contributed by atoms with Gasteiger partial charge in [0.2, 0.25) is 11.8 Å². The van der Waals surface area contributed by atoms with Crippen LogP contribution in [-0.2, 0) is 29.0 Å². The number of nitrogens with zero attached hydrogens (tertiary/aromatic N) is 1. The quantitative estimate of drug-likeness (QED) is 0.321. The minimum atomic E-state index is -0.635. The number of carbonyl (C=O) groups is 2. The number of aryl methyl sites for hydroxylation is 1. The lowest BCUT2D eigenvalue weighted by Gasteiger charge is -2.32. The van der Waals surface area contributed by atoms with E-state index in [0.717, 1.165) is 16.7 Å². The summed E-state index contributed by atoms with van der Waals surface area (Å²) in [7, 11) is 0. The Kier molecular flexibility index (Phi) is 10.1. The molecule has 190 valence electrons. The third kappa shape index (κ3) is 8.23. The highest BCUT2D eigenvalue weighted by molar-refractivity contribution is 6.30. The van der Waals surface area contributed by atoms with Gasteiger partial charge in [-0.2, -0.15) is 0 Å².